The average molecular weight is 264 g/mol. The Morgan fingerprint density at radius 3 is 1.13 bits per heavy atom. The quantitative estimate of drug-likeness (QED) is 0.463. The molecule has 3 atom stereocenters. The average Bonchev–Trinajstić information content (AvgIpc) is 1.54. The van der Waals surface area contributed by atoms with Crippen LogP contribution in [0.1, 0.15) is 23.7 Å². The van der Waals surface area contributed by atoms with Gasteiger partial charge < -0.3 is 0 Å². The summed E-state index contributed by atoms with van der Waals surface area (Å²) in [6.45, 7) is 5.27. The van der Waals surface area contributed by atoms with Crippen LogP contribution >= 0.6 is 26.6 Å². The predicted octanol–water partition coefficient (Wildman–Crippen LogP) is 1.91. The van der Waals surface area contributed by atoms with Gasteiger partial charge in [0, 0.05) is 27.9 Å². The smallest absolute Gasteiger partial charge is 0.141 e. The number of rotatable bonds is 0. The largest absolute Gasteiger partial charge is 0.175 e. The van der Waals surface area contributed by atoms with Gasteiger partial charge in [-0.1, -0.05) is 42.6 Å². The van der Waals surface area contributed by atoms with Gasteiger partial charge in [-0.2, -0.15) is 26.6 Å². The third kappa shape index (κ3) is 1040. The van der Waals surface area contributed by atoms with Crippen molar-refractivity contribution in [2.24, 2.45) is 0 Å². The fraction of sp³-hybridized carbons (Fsp3) is 1.00. The zero-order valence-corrected chi connectivity index (χ0v) is 11.3. The molecule has 0 aromatic carbocycles. The Kier molecular flexibility index (Phi) is 370. The summed E-state index contributed by atoms with van der Waals surface area (Å²) in [6.07, 6.45) is 0. The highest BCUT2D eigenvalue weighted by Gasteiger charge is 1.43. The maximum atomic E-state index is 6.55. The van der Waals surface area contributed by atoms with Crippen molar-refractivity contribution in [1.29, 1.82) is 3.95 Å². The van der Waals surface area contributed by atoms with Gasteiger partial charge in [-0.05, 0) is 2.67 Å². The summed E-state index contributed by atoms with van der Waals surface area (Å²) >= 11 is 0. The minimum Gasteiger partial charge on any atom is -0.175 e. The van der Waals surface area contributed by atoms with Crippen LogP contribution in [-0.4, -0.2) is 57.3 Å². The van der Waals surface area contributed by atoms with E-state index in [9.17, 15) is 0 Å². The molecule has 0 saturated heterocycles. The molecular weight excluding hydrogens is 230 g/mol. The van der Waals surface area contributed by atoms with Gasteiger partial charge in [0.1, 0.15) is 21.5 Å². The summed E-state index contributed by atoms with van der Waals surface area (Å²) in [5.74, 6) is 0. The van der Waals surface area contributed by atoms with Crippen molar-refractivity contribution in [3.8, 4) is 0 Å². The van der Waals surface area contributed by atoms with Crippen molar-refractivity contribution in [3.05, 3.63) is 0 Å². The first-order chi connectivity index (χ1) is 5.20. The number of hydrogen-bond acceptors (Lipinski definition) is 0. The van der Waals surface area contributed by atoms with Gasteiger partial charge >= 0.3 is 0 Å². The molecule has 87 valence electrons. The van der Waals surface area contributed by atoms with E-state index in [1.54, 1.807) is 20.3 Å². The molecule has 0 heterocycles. The van der Waals surface area contributed by atoms with Gasteiger partial charge in [0.05, 0.1) is 0 Å². The molecule has 0 amide bonds. The van der Waals surface area contributed by atoms with E-state index in [2.05, 4.69) is 18.2 Å². The standard InChI is InChI=1S/CH4BP.2CH6BP.3CH4.3B.H2/c1-3-2;2*1-2-3;;;;;;;/h3H,1H3;2*2H,3H2,1H3;3*1H4;;;;1H/i3D;2*2D;;;;;;;1+1. The summed E-state index contributed by atoms with van der Waals surface area (Å²) in [4.78, 5) is 0. The second kappa shape index (κ2) is 154. The van der Waals surface area contributed by atoms with Crippen LogP contribution in [0.4, 0.5) is 0 Å². The van der Waals surface area contributed by atoms with Gasteiger partial charge in [-0.15, -0.1) is 0 Å². The van der Waals surface area contributed by atoms with Crippen LogP contribution in [0, 0.1) is 0 Å². The Balaban J connectivity index is -0.00000000675. The van der Waals surface area contributed by atoms with Gasteiger partial charge in [0.25, 0.3) is 0 Å². The second-order valence-electron chi connectivity index (χ2n) is 0.925. The van der Waals surface area contributed by atoms with Crippen LogP contribution in [0.15, 0.2) is 0 Å². The molecular formula is C6H30B6P3. The molecule has 0 aromatic rings. The fourth-order valence-corrected chi connectivity index (χ4v) is 0. The molecule has 0 aliphatic heterocycles. The van der Waals surface area contributed by atoms with Crippen LogP contribution in [0.5, 0.6) is 0 Å². The molecule has 9 heteroatoms. The second-order valence-corrected chi connectivity index (χ2v) is 2.77. The topological polar surface area (TPSA) is 0 Å². The fourth-order valence-electron chi connectivity index (χ4n) is 0. The first-order valence-corrected chi connectivity index (χ1v) is 5.27. The lowest BCUT2D eigenvalue weighted by Crippen LogP contribution is -1.43. The highest BCUT2D eigenvalue weighted by Crippen LogP contribution is 1.81. The molecule has 15 heavy (non-hydrogen) atoms. The minimum absolute atomic E-state index is 0. The lowest BCUT2D eigenvalue weighted by atomic mass is 10.2. The monoisotopic (exact) mass is 265 g/mol. The van der Waals surface area contributed by atoms with Gasteiger partial charge in [0.15, 0.2) is 0 Å². The van der Waals surface area contributed by atoms with E-state index in [0.29, 0.717) is 0 Å². The van der Waals surface area contributed by atoms with E-state index in [-0.39, 0.29) is 62.9 Å². The Hall–Kier alpha value is 1.68. The van der Waals surface area contributed by atoms with E-state index < -0.39 is 8.40 Å². The summed E-state index contributed by atoms with van der Waals surface area (Å²) in [5, 5.41) is 0. The highest BCUT2D eigenvalue weighted by molar-refractivity contribution is 7.65. The molecule has 0 aliphatic rings. The van der Waals surface area contributed by atoms with E-state index >= 15 is 0 Å². The van der Waals surface area contributed by atoms with Crippen molar-refractivity contribution in [1.82, 2.24) is 0 Å². The van der Waals surface area contributed by atoms with Crippen molar-refractivity contribution in [3.63, 3.8) is 0 Å². The maximum absolute atomic E-state index is 6.55. The van der Waals surface area contributed by atoms with Crippen molar-refractivity contribution in [2.75, 3.05) is 6.66 Å². The summed E-state index contributed by atoms with van der Waals surface area (Å²) in [6, 6.07) is 0. The van der Waals surface area contributed by atoms with Gasteiger partial charge in [-0.25, -0.2) is 0 Å². The zero-order chi connectivity index (χ0) is 10.7. The molecule has 0 nitrogen and oxygen atoms in total. The lowest BCUT2D eigenvalue weighted by molar-refractivity contribution is 2.38. The molecule has 0 aliphatic carbocycles. The first kappa shape index (κ1) is 36.0. The van der Waals surface area contributed by atoms with Crippen LogP contribution in [0.3, 0.4) is 0 Å². The van der Waals surface area contributed by atoms with Gasteiger partial charge in [-0.3, -0.25) is 0 Å². The van der Waals surface area contributed by atoms with Crippen molar-refractivity contribution in [2.45, 2.75) is 35.9 Å². The molecule has 0 rings (SSSR count). The molecule has 0 spiro atoms. The van der Waals surface area contributed by atoms with Crippen LogP contribution in [0.25, 0.3) is 0 Å². The molecule has 3 unspecified atom stereocenters. The maximum Gasteiger partial charge on any atom is 0.141 e. The van der Waals surface area contributed by atoms with E-state index in [1.807, 2.05) is 0 Å². The Morgan fingerprint density at radius 2 is 1.13 bits per heavy atom. The highest BCUT2D eigenvalue weighted by atomic mass is 31.1. The van der Waals surface area contributed by atoms with E-state index in [1.165, 1.54) is 0 Å². The lowest BCUT2D eigenvalue weighted by Gasteiger charge is -1.49. The molecule has 0 bridgehead atoms. The SMILES string of the molecule is C.C.C.[2HH].[2H]B(C)P.[2H]B(C)P.[2H]P([B])C.[B].[B].[B]. The zero-order valence-electron chi connectivity index (χ0n) is 11.1. The Bertz CT molecular complexity index is 65.5. The van der Waals surface area contributed by atoms with Crippen molar-refractivity contribution >= 4 is 73.4 Å². The third-order valence-electron chi connectivity index (χ3n) is 0. The van der Waals surface area contributed by atoms with Crippen LogP contribution < -0.4 is 0 Å². The summed E-state index contributed by atoms with van der Waals surface area (Å²) < 4.78 is 19.5. The molecule has 0 saturated carbocycles. The molecule has 0 aromatic heterocycles. The molecule has 11 radical (unpaired) electrons. The number of hydrogen-bond donors (Lipinski definition) is 0. The molecule has 0 N–H and O–H groups in total. The van der Waals surface area contributed by atoms with Crippen molar-refractivity contribution < 1.29 is 1.43 Å². The Labute approximate surface area is 122 Å². The van der Waals surface area contributed by atoms with Crippen LogP contribution in [-0.2, 0) is 0 Å². The summed E-state index contributed by atoms with van der Waals surface area (Å²) in [5.41, 5.74) is 0. The molecule has 0 fully saturated rings. The van der Waals surface area contributed by atoms with E-state index in [0.717, 1.165) is 0 Å². The third-order valence-corrected chi connectivity index (χ3v) is 0. The van der Waals surface area contributed by atoms with E-state index in [4.69, 9.17) is 11.5 Å². The Morgan fingerprint density at radius 1 is 1.13 bits per heavy atom. The van der Waals surface area contributed by atoms with Crippen LogP contribution in [0.2, 0.25) is 13.6 Å². The first-order valence-electron chi connectivity index (χ1n) is 4.13. The summed E-state index contributed by atoms with van der Waals surface area (Å²) in [7, 11) is 8.62. The minimum atomic E-state index is -0.870. The predicted molar refractivity (Wildman–Crippen MR) is 105 cm³/mol. The normalized spacial score (nSPS) is 7.93. The van der Waals surface area contributed by atoms with Gasteiger partial charge in [0.2, 0.25) is 0 Å².